The van der Waals surface area contributed by atoms with Gasteiger partial charge in [-0.15, -0.1) is 0 Å². The molecule has 0 unspecified atom stereocenters. The van der Waals surface area contributed by atoms with Crippen LogP contribution in [0.3, 0.4) is 0 Å². The van der Waals surface area contributed by atoms with Crippen LogP contribution < -0.4 is 5.14 Å². The lowest BCUT2D eigenvalue weighted by Gasteiger charge is -2.09. The maximum Gasteiger partial charge on any atom is 0.239 e. The van der Waals surface area contributed by atoms with Crippen molar-refractivity contribution in [1.82, 2.24) is 0 Å². The van der Waals surface area contributed by atoms with Crippen LogP contribution in [0.1, 0.15) is 0 Å². The summed E-state index contributed by atoms with van der Waals surface area (Å²) in [6.45, 7) is 0. The summed E-state index contributed by atoms with van der Waals surface area (Å²) >= 11 is 0. The summed E-state index contributed by atoms with van der Waals surface area (Å²) in [5, 5.41) is 8.44. The minimum atomic E-state index is -3.76. The van der Waals surface area contributed by atoms with Crippen LogP contribution in [0.15, 0.2) is 59.5 Å². The van der Waals surface area contributed by atoms with Crippen LogP contribution in [0.4, 0.5) is 0 Å². The van der Waals surface area contributed by atoms with E-state index in [1.54, 1.807) is 12.1 Å². The van der Waals surface area contributed by atoms with Crippen LogP contribution in [0.2, 0.25) is 0 Å². The van der Waals surface area contributed by atoms with Crippen LogP contribution in [0.25, 0.3) is 21.5 Å². The number of hydrogen-bond acceptors (Lipinski definition) is 2. The fourth-order valence-corrected chi connectivity index (χ4v) is 3.26. The summed E-state index contributed by atoms with van der Waals surface area (Å²) in [6, 6.07) is 16.7. The number of sulfonamides is 1. The standard InChI is InChI=1S/C14H11NO2S/c15-18(16,17)14-12-7-3-1-5-10(12)9-11-6-2-4-8-13(11)14/h1-9H,(H2,15,16,17). The molecule has 0 heterocycles. The molecule has 90 valence electrons. The fourth-order valence-electron chi connectivity index (χ4n) is 2.28. The third kappa shape index (κ3) is 1.66. The first-order valence-corrected chi connectivity index (χ1v) is 7.05. The van der Waals surface area contributed by atoms with Crippen LogP contribution >= 0.6 is 0 Å². The van der Waals surface area contributed by atoms with Crippen molar-refractivity contribution in [2.24, 2.45) is 5.14 Å². The minimum Gasteiger partial charge on any atom is -0.225 e. The van der Waals surface area contributed by atoms with Crippen molar-refractivity contribution < 1.29 is 8.42 Å². The Kier molecular flexibility index (Phi) is 2.36. The second kappa shape index (κ2) is 3.80. The molecule has 18 heavy (non-hydrogen) atoms. The average Bonchev–Trinajstić information content (AvgIpc) is 2.34. The summed E-state index contributed by atoms with van der Waals surface area (Å²) in [5.74, 6) is 0. The molecule has 0 saturated heterocycles. The number of hydrogen-bond donors (Lipinski definition) is 1. The van der Waals surface area contributed by atoms with Crippen molar-refractivity contribution in [2.45, 2.75) is 4.90 Å². The van der Waals surface area contributed by atoms with Gasteiger partial charge in [0, 0.05) is 10.8 Å². The fraction of sp³-hybridized carbons (Fsp3) is 0. The van der Waals surface area contributed by atoms with Crippen molar-refractivity contribution in [3.8, 4) is 0 Å². The Hall–Kier alpha value is -1.91. The Morgan fingerprint density at radius 3 is 1.67 bits per heavy atom. The summed E-state index contributed by atoms with van der Waals surface area (Å²) < 4.78 is 23.7. The molecule has 0 aliphatic rings. The largest absolute Gasteiger partial charge is 0.239 e. The molecule has 0 fully saturated rings. The SMILES string of the molecule is NS(=O)(=O)c1c2ccccc2cc2ccccc12. The lowest BCUT2D eigenvalue weighted by Crippen LogP contribution is -2.13. The number of benzene rings is 3. The Labute approximate surface area is 105 Å². The lowest BCUT2D eigenvalue weighted by molar-refractivity contribution is 0.599. The number of rotatable bonds is 1. The maximum atomic E-state index is 11.8. The molecule has 3 rings (SSSR count). The smallest absolute Gasteiger partial charge is 0.225 e. The lowest BCUT2D eigenvalue weighted by atomic mass is 10.0. The van der Waals surface area contributed by atoms with Crippen LogP contribution in [-0.2, 0) is 10.0 Å². The molecule has 0 aliphatic carbocycles. The van der Waals surface area contributed by atoms with E-state index in [1.165, 1.54) is 0 Å². The maximum absolute atomic E-state index is 11.8. The van der Waals surface area contributed by atoms with E-state index in [2.05, 4.69) is 0 Å². The third-order valence-corrected chi connectivity index (χ3v) is 4.02. The molecule has 0 spiro atoms. The average molecular weight is 257 g/mol. The van der Waals surface area contributed by atoms with Gasteiger partial charge in [-0.25, -0.2) is 13.6 Å². The van der Waals surface area contributed by atoms with Crippen molar-refractivity contribution in [3.05, 3.63) is 54.6 Å². The van der Waals surface area contributed by atoms with Gasteiger partial charge < -0.3 is 0 Å². The van der Waals surface area contributed by atoms with E-state index in [1.807, 2.05) is 42.5 Å². The molecule has 2 N–H and O–H groups in total. The molecule has 3 nitrogen and oxygen atoms in total. The second-order valence-corrected chi connectivity index (χ2v) is 5.69. The molecule has 0 radical (unpaired) electrons. The van der Waals surface area contributed by atoms with Gasteiger partial charge in [0.05, 0.1) is 4.90 Å². The molecule has 0 atom stereocenters. The zero-order chi connectivity index (χ0) is 12.8. The summed E-state index contributed by atoms with van der Waals surface area (Å²) in [4.78, 5) is 0.205. The first kappa shape index (κ1) is 11.2. The van der Waals surface area contributed by atoms with E-state index in [-0.39, 0.29) is 4.90 Å². The number of primary sulfonamides is 1. The predicted octanol–water partition coefficient (Wildman–Crippen LogP) is 2.64. The van der Waals surface area contributed by atoms with Gasteiger partial charge in [-0.3, -0.25) is 0 Å². The van der Waals surface area contributed by atoms with Gasteiger partial charge in [0.1, 0.15) is 0 Å². The Morgan fingerprint density at radius 2 is 1.22 bits per heavy atom. The summed E-state index contributed by atoms with van der Waals surface area (Å²) in [6.07, 6.45) is 0. The highest BCUT2D eigenvalue weighted by Crippen LogP contribution is 2.30. The van der Waals surface area contributed by atoms with Crippen molar-refractivity contribution in [2.75, 3.05) is 0 Å². The summed E-state index contributed by atoms with van der Waals surface area (Å²) in [7, 11) is -3.76. The van der Waals surface area contributed by atoms with Gasteiger partial charge >= 0.3 is 0 Å². The quantitative estimate of drug-likeness (QED) is 0.681. The van der Waals surface area contributed by atoms with Crippen LogP contribution in [0.5, 0.6) is 0 Å². The van der Waals surface area contributed by atoms with E-state index >= 15 is 0 Å². The highest BCUT2D eigenvalue weighted by atomic mass is 32.2. The van der Waals surface area contributed by atoms with E-state index in [4.69, 9.17) is 5.14 Å². The van der Waals surface area contributed by atoms with Gasteiger partial charge in [0.15, 0.2) is 0 Å². The van der Waals surface area contributed by atoms with Crippen molar-refractivity contribution in [1.29, 1.82) is 0 Å². The molecule has 3 aromatic carbocycles. The van der Waals surface area contributed by atoms with E-state index in [0.717, 1.165) is 10.8 Å². The Balaban J connectivity index is 2.67. The molecule has 0 amide bonds. The normalized spacial score (nSPS) is 12.1. The Morgan fingerprint density at radius 1 is 0.778 bits per heavy atom. The monoisotopic (exact) mass is 257 g/mol. The van der Waals surface area contributed by atoms with Gasteiger partial charge in [-0.2, -0.15) is 0 Å². The molecule has 3 aromatic rings. The van der Waals surface area contributed by atoms with Gasteiger partial charge in [-0.1, -0.05) is 48.5 Å². The number of fused-ring (bicyclic) bond motifs is 2. The number of nitrogens with two attached hydrogens (primary N) is 1. The zero-order valence-corrected chi connectivity index (χ0v) is 10.3. The van der Waals surface area contributed by atoms with E-state index in [9.17, 15) is 8.42 Å². The Bertz CT molecular complexity index is 800. The molecular weight excluding hydrogens is 246 g/mol. The second-order valence-electron chi connectivity index (χ2n) is 4.19. The predicted molar refractivity (Wildman–Crippen MR) is 72.8 cm³/mol. The van der Waals surface area contributed by atoms with Gasteiger partial charge in [0.2, 0.25) is 10.0 Å². The van der Waals surface area contributed by atoms with Crippen molar-refractivity contribution in [3.63, 3.8) is 0 Å². The van der Waals surface area contributed by atoms with E-state index < -0.39 is 10.0 Å². The first-order valence-electron chi connectivity index (χ1n) is 5.51. The van der Waals surface area contributed by atoms with Gasteiger partial charge in [-0.05, 0) is 16.8 Å². The van der Waals surface area contributed by atoms with E-state index in [0.29, 0.717) is 10.8 Å². The van der Waals surface area contributed by atoms with Crippen molar-refractivity contribution >= 4 is 31.6 Å². The van der Waals surface area contributed by atoms with Gasteiger partial charge in [0.25, 0.3) is 0 Å². The van der Waals surface area contributed by atoms with Crippen LogP contribution in [-0.4, -0.2) is 8.42 Å². The third-order valence-electron chi connectivity index (χ3n) is 3.01. The zero-order valence-electron chi connectivity index (χ0n) is 9.50. The minimum absolute atomic E-state index is 0.205. The highest BCUT2D eigenvalue weighted by molar-refractivity contribution is 7.89. The molecule has 0 saturated carbocycles. The highest BCUT2D eigenvalue weighted by Gasteiger charge is 2.16. The molecule has 0 aromatic heterocycles. The summed E-state index contributed by atoms with van der Waals surface area (Å²) in [5.41, 5.74) is 0. The molecule has 4 heteroatoms. The topological polar surface area (TPSA) is 60.2 Å². The van der Waals surface area contributed by atoms with Crippen LogP contribution in [0, 0.1) is 0 Å². The first-order chi connectivity index (χ1) is 8.57. The molecule has 0 bridgehead atoms. The molecular formula is C14H11NO2S. The molecule has 0 aliphatic heterocycles.